The van der Waals surface area contributed by atoms with Crippen LogP contribution in [0.5, 0.6) is 5.75 Å². The molecule has 32 heavy (non-hydrogen) atoms. The highest BCUT2D eigenvalue weighted by Crippen LogP contribution is 2.55. The molecular formula is C21H27IN5O3PS. The predicted molar refractivity (Wildman–Crippen MR) is 142 cm³/mol. The first-order valence-corrected chi connectivity index (χ1v) is 16.4. The second-order valence-corrected chi connectivity index (χ2v) is 15.4. The van der Waals surface area contributed by atoms with Crippen molar-refractivity contribution in [3.05, 3.63) is 39.8 Å². The fraction of sp³-hybridized carbons (Fsp3) is 0.429. The Morgan fingerprint density at radius 1 is 1.44 bits per heavy atom. The van der Waals surface area contributed by atoms with Crippen LogP contribution in [0.25, 0.3) is 0 Å². The highest BCUT2D eigenvalue weighted by molar-refractivity contribution is 14.2. The number of benzene rings is 1. The molecule has 0 aliphatic carbocycles. The van der Waals surface area contributed by atoms with E-state index in [1.54, 1.807) is 0 Å². The predicted octanol–water partition coefficient (Wildman–Crippen LogP) is 4.49. The number of rotatable bonds is 7. The van der Waals surface area contributed by atoms with Gasteiger partial charge in [-0.05, 0) is 57.1 Å². The monoisotopic (exact) mass is 587 g/mol. The molecule has 8 nitrogen and oxygen atoms in total. The number of aromatic nitrogens is 2. The minimum atomic E-state index is -0.908. The number of nitrogens with zero attached hydrogens (tertiary/aromatic N) is 3. The lowest BCUT2D eigenvalue weighted by Crippen LogP contribution is -2.31. The van der Waals surface area contributed by atoms with Crippen LogP contribution in [-0.2, 0) is 11.1 Å². The summed E-state index contributed by atoms with van der Waals surface area (Å²) in [6.07, 6.45) is 2.68. The minimum Gasteiger partial charge on any atom is -0.504 e. The Kier molecular flexibility index (Phi) is 8.20. The molecule has 2 heterocycles. The number of nitriles is 1. The third-order valence-electron chi connectivity index (χ3n) is 4.58. The molecule has 3 N–H and O–H groups in total. The van der Waals surface area contributed by atoms with Crippen LogP contribution in [0.4, 0.5) is 11.4 Å². The zero-order valence-corrected chi connectivity index (χ0v) is 22.6. The van der Waals surface area contributed by atoms with E-state index in [1.807, 2.05) is 31.4 Å². The molecular weight excluding hydrogens is 560 g/mol. The number of halogens is 1. The van der Waals surface area contributed by atoms with Crippen LogP contribution in [0.15, 0.2) is 23.0 Å². The summed E-state index contributed by atoms with van der Waals surface area (Å²) >= 11 is 0.788. The van der Waals surface area contributed by atoms with Gasteiger partial charge < -0.3 is 19.7 Å². The van der Waals surface area contributed by atoms with Crippen LogP contribution in [0.3, 0.4) is 0 Å². The molecule has 1 atom stereocenters. The van der Waals surface area contributed by atoms with Gasteiger partial charge in [-0.3, -0.25) is 4.79 Å². The number of anilines is 2. The number of aryl methyl sites for hydroxylation is 1. The van der Waals surface area contributed by atoms with Crippen molar-refractivity contribution in [1.82, 2.24) is 9.78 Å². The number of fused-ring (bicyclic) bond motifs is 1. The Morgan fingerprint density at radius 2 is 2.19 bits per heavy atom. The molecule has 2 aromatic rings. The van der Waals surface area contributed by atoms with Crippen molar-refractivity contribution in [2.24, 2.45) is 5.41 Å². The summed E-state index contributed by atoms with van der Waals surface area (Å²) in [7, 11) is 0. The average Bonchev–Trinajstić information content (AvgIpc) is 2.73. The van der Waals surface area contributed by atoms with Gasteiger partial charge in [-0.1, -0.05) is 32.7 Å². The molecule has 1 unspecified atom stereocenters. The first kappa shape index (κ1) is 25.0. The van der Waals surface area contributed by atoms with E-state index < -0.39 is 31.5 Å². The number of hydrogen-bond donors (Lipinski definition) is 3. The van der Waals surface area contributed by atoms with Crippen molar-refractivity contribution in [3.63, 3.8) is 0 Å². The number of hydrogen-bond acceptors (Lipinski definition) is 8. The molecule has 1 aromatic heterocycles. The fourth-order valence-corrected chi connectivity index (χ4v) is 10.9. The molecule has 0 radical (unpaired) electrons. The van der Waals surface area contributed by atoms with Crippen molar-refractivity contribution < 1.29 is 9.63 Å². The van der Waals surface area contributed by atoms with Gasteiger partial charge in [0.15, 0.2) is 17.0 Å². The Labute approximate surface area is 202 Å². The Morgan fingerprint density at radius 3 is 2.81 bits per heavy atom. The normalized spacial score (nSPS) is 15.6. The summed E-state index contributed by atoms with van der Waals surface area (Å²) in [5.41, 5.74) is 1.33. The summed E-state index contributed by atoms with van der Waals surface area (Å²) in [4.78, 5) is 12.7. The van der Waals surface area contributed by atoms with E-state index in [-0.39, 0.29) is 22.4 Å². The van der Waals surface area contributed by atoms with Gasteiger partial charge in [0.1, 0.15) is 15.5 Å². The maximum absolute atomic E-state index is 12.7. The van der Waals surface area contributed by atoms with Crippen LogP contribution < -0.4 is 20.9 Å². The van der Waals surface area contributed by atoms with Gasteiger partial charge in [0.25, 0.3) is 5.56 Å². The molecule has 1 aliphatic rings. The molecule has 1 aliphatic heterocycles. The van der Waals surface area contributed by atoms with Crippen molar-refractivity contribution >= 4 is 58.2 Å². The second kappa shape index (κ2) is 10.5. The van der Waals surface area contributed by atoms with Crippen molar-refractivity contribution in [1.29, 1.82) is 5.26 Å². The quantitative estimate of drug-likeness (QED) is 0.247. The van der Waals surface area contributed by atoms with E-state index >= 15 is 0 Å². The fourth-order valence-electron chi connectivity index (χ4n) is 2.94. The minimum absolute atomic E-state index is 0.000116. The van der Waals surface area contributed by atoms with Crippen LogP contribution in [0.2, 0.25) is 0 Å². The first-order chi connectivity index (χ1) is 15.2. The van der Waals surface area contributed by atoms with E-state index in [9.17, 15) is 15.2 Å². The van der Waals surface area contributed by atoms with E-state index in [0.29, 0.717) is 19.6 Å². The van der Waals surface area contributed by atoms with E-state index in [4.69, 9.17) is 4.52 Å². The van der Waals surface area contributed by atoms with Crippen LogP contribution >= 0.6 is 37.9 Å². The Hall–Kier alpha value is -1.67. The Bertz CT molecular complexity index is 1140. The zero-order chi connectivity index (χ0) is 23.5. The lowest BCUT2D eigenvalue weighted by Gasteiger charge is -2.26. The van der Waals surface area contributed by atoms with Gasteiger partial charge >= 0.3 is 0 Å². The highest BCUT2D eigenvalue weighted by atomic mass is 127. The smallest absolute Gasteiger partial charge is 0.288 e. The van der Waals surface area contributed by atoms with Crippen molar-refractivity contribution in [2.75, 3.05) is 22.9 Å². The third-order valence-corrected chi connectivity index (χ3v) is 12.5. The molecule has 1 aromatic carbocycles. The highest BCUT2D eigenvalue weighted by Gasteiger charge is 2.28. The molecule has 3 rings (SSSR count). The van der Waals surface area contributed by atoms with Gasteiger partial charge in [-0.15, -0.1) is 0 Å². The third kappa shape index (κ3) is 5.63. The average molecular weight is 587 g/mol. The number of nitrogens with one attached hydrogen (secondary N) is 2. The van der Waals surface area contributed by atoms with Crippen LogP contribution in [-0.4, -0.2) is 31.4 Å². The molecule has 0 spiro atoms. The van der Waals surface area contributed by atoms with Gasteiger partial charge in [-0.25, -0.2) is 4.68 Å². The van der Waals surface area contributed by atoms with Crippen molar-refractivity contribution in [3.8, 4) is 11.8 Å². The lowest BCUT2D eigenvalue weighted by atomic mass is 9.92. The zero-order valence-electron chi connectivity index (χ0n) is 18.7. The first-order valence-electron chi connectivity index (χ1n) is 10.1. The van der Waals surface area contributed by atoms with E-state index in [0.717, 1.165) is 20.3 Å². The summed E-state index contributed by atoms with van der Waals surface area (Å²) in [6, 6.07) is 7.91. The van der Waals surface area contributed by atoms with Crippen LogP contribution in [0.1, 0.15) is 45.4 Å². The molecule has 0 amide bonds. The molecule has 0 bridgehead atoms. The summed E-state index contributed by atoms with van der Waals surface area (Å²) in [5, 5.41) is 29.3. The molecule has 0 saturated carbocycles. The SMILES string of the molecule is CCOP1I=C(c2nn(CCC(C)(C)C)c(=O)c(C#N)c2O)Nc2ccc(NSC)cc21. The van der Waals surface area contributed by atoms with Gasteiger partial charge in [0, 0.05) is 36.1 Å². The van der Waals surface area contributed by atoms with Gasteiger partial charge in [0.2, 0.25) is 0 Å². The largest absolute Gasteiger partial charge is 0.504 e. The topological polar surface area (TPSA) is 112 Å². The van der Waals surface area contributed by atoms with Crippen LogP contribution in [0, 0.1) is 16.7 Å². The summed E-state index contributed by atoms with van der Waals surface area (Å²) in [5.74, 6) is -1.27. The maximum Gasteiger partial charge on any atom is 0.288 e. The Balaban J connectivity index is 2.09. The molecule has 11 heteroatoms. The van der Waals surface area contributed by atoms with E-state index in [1.165, 1.54) is 16.6 Å². The van der Waals surface area contributed by atoms with Crippen molar-refractivity contribution in [2.45, 2.75) is 40.7 Å². The summed E-state index contributed by atoms with van der Waals surface area (Å²) in [6.45, 7) is 9.16. The van der Waals surface area contributed by atoms with Gasteiger partial charge in [0.05, 0.1) is 0 Å². The molecule has 0 fully saturated rings. The lowest BCUT2D eigenvalue weighted by molar-refractivity contribution is 0.334. The van der Waals surface area contributed by atoms with Gasteiger partial charge in [-0.2, -0.15) is 10.4 Å². The molecule has 172 valence electrons. The maximum atomic E-state index is 12.7. The standard InChI is InChI=1S/C21H27IN5O3PS/c1-6-30-31-16-11-13(26-32-5)7-8-15(16)24-19(22-31)17-18(28)14(12-23)20(29)27(25-17)10-9-21(2,3)4/h7-8,11,24,26,28H,6,9-10H2,1-5H3. The molecule has 0 saturated heterocycles. The second-order valence-electron chi connectivity index (χ2n) is 8.25. The van der Waals surface area contributed by atoms with E-state index in [2.05, 4.69) is 42.0 Å². The summed E-state index contributed by atoms with van der Waals surface area (Å²) < 4.78 is 11.4. The number of aromatic hydroxyl groups is 1.